The number of carbonyl (C=O) groups is 1. The maximum atomic E-state index is 12.0. The highest BCUT2D eigenvalue weighted by molar-refractivity contribution is 7.95. The molecule has 0 bridgehead atoms. The Morgan fingerprint density at radius 2 is 1.06 bits per heavy atom. The first-order valence-corrected chi connectivity index (χ1v) is 13.9. The topological polar surface area (TPSA) is 38.3 Å². The van der Waals surface area contributed by atoms with Gasteiger partial charge in [-0.15, -0.1) is 0 Å². The zero-order chi connectivity index (χ0) is 24.7. The number of amides is 1. The van der Waals surface area contributed by atoms with Crippen molar-refractivity contribution in [2.24, 2.45) is 0 Å². The van der Waals surface area contributed by atoms with Crippen LogP contribution in [0, 0.1) is 0 Å². The molecule has 4 aromatic carbocycles. The summed E-state index contributed by atoms with van der Waals surface area (Å²) in [5.74, 6) is 0. The van der Waals surface area contributed by atoms with E-state index in [0.29, 0.717) is 6.54 Å². The Morgan fingerprint density at radius 3 is 1.44 bits per heavy atom. The predicted molar refractivity (Wildman–Crippen MR) is 148 cm³/mol. The Labute approximate surface area is 226 Å². The molecule has 1 N–H and O–H groups in total. The third-order valence-electron chi connectivity index (χ3n) is 5.87. The monoisotopic (exact) mass is 561 g/mol. The molecule has 4 aromatic rings. The fraction of sp³-hybridized carbons (Fsp3) is 0.194. The smallest absolute Gasteiger partial charge is 0.407 e. The van der Waals surface area contributed by atoms with Gasteiger partial charge in [0.2, 0.25) is 0 Å². The summed E-state index contributed by atoms with van der Waals surface area (Å²) in [5, 5.41) is 6.95. The van der Waals surface area contributed by atoms with Gasteiger partial charge in [-0.25, -0.2) is 4.79 Å². The number of ether oxygens (including phenoxy) is 1. The summed E-state index contributed by atoms with van der Waals surface area (Å²) in [6, 6.07) is 41.3. The minimum atomic E-state index is -1.93. The van der Waals surface area contributed by atoms with Crippen molar-refractivity contribution in [3.8, 4) is 0 Å². The lowest BCUT2D eigenvalue weighted by atomic mass is 10.1. The molecule has 0 fully saturated rings. The number of nitrogens with one attached hydrogen (secondary N) is 1. The van der Waals surface area contributed by atoms with Crippen LogP contribution in [0.25, 0.3) is 0 Å². The molecule has 186 valence electrons. The van der Waals surface area contributed by atoms with Crippen molar-refractivity contribution in [3.63, 3.8) is 0 Å². The number of halogens is 1. The second kappa shape index (κ2) is 12.3. The second-order valence-corrected chi connectivity index (χ2v) is 13.1. The zero-order valence-electron chi connectivity index (χ0n) is 21.0. The third kappa shape index (κ3) is 6.84. The van der Waals surface area contributed by atoms with Crippen LogP contribution in [0.15, 0.2) is 115 Å². The minimum Gasteiger partial charge on any atom is -1.00 e. The van der Waals surface area contributed by atoms with Gasteiger partial charge in [0, 0.05) is 6.54 Å². The Balaban J connectivity index is 0.00000361. The Bertz CT molecular complexity index is 1130. The molecule has 3 nitrogen and oxygen atoms in total. The first-order valence-electron chi connectivity index (χ1n) is 12.0. The Morgan fingerprint density at radius 1 is 0.667 bits per heavy atom. The molecule has 0 atom stereocenters. The van der Waals surface area contributed by atoms with Crippen molar-refractivity contribution < 1.29 is 26.5 Å². The van der Waals surface area contributed by atoms with E-state index in [1.54, 1.807) is 0 Å². The molecule has 1 amide bonds. The van der Waals surface area contributed by atoms with Crippen LogP contribution in [0.5, 0.6) is 0 Å². The van der Waals surface area contributed by atoms with E-state index in [2.05, 4.69) is 121 Å². The molecule has 0 unspecified atom stereocenters. The molecular formula is C31H33BrNO2P. The summed E-state index contributed by atoms with van der Waals surface area (Å²) in [4.78, 5) is 12.0. The molecule has 0 aliphatic heterocycles. The first kappa shape index (κ1) is 27.6. The summed E-state index contributed by atoms with van der Waals surface area (Å²) >= 11 is 0. The highest BCUT2D eigenvalue weighted by atomic mass is 79.9. The maximum absolute atomic E-state index is 12.0. The van der Waals surface area contributed by atoms with Crippen LogP contribution < -0.4 is 38.2 Å². The van der Waals surface area contributed by atoms with Gasteiger partial charge in [-0.2, -0.15) is 0 Å². The molecule has 0 heterocycles. The number of alkyl carbamates (subject to hydrolysis) is 1. The van der Waals surface area contributed by atoms with E-state index in [4.69, 9.17) is 4.74 Å². The summed E-state index contributed by atoms with van der Waals surface area (Å²) in [5.41, 5.74) is 1.81. The second-order valence-electron chi connectivity index (χ2n) is 9.65. The van der Waals surface area contributed by atoms with Crippen LogP contribution in [0.4, 0.5) is 4.79 Å². The van der Waals surface area contributed by atoms with Gasteiger partial charge >= 0.3 is 6.09 Å². The van der Waals surface area contributed by atoms with Crippen molar-refractivity contribution in [2.75, 3.05) is 0 Å². The lowest BCUT2D eigenvalue weighted by Crippen LogP contribution is -3.00. The van der Waals surface area contributed by atoms with Crippen LogP contribution in [-0.4, -0.2) is 11.7 Å². The van der Waals surface area contributed by atoms with E-state index in [-0.39, 0.29) is 17.0 Å². The average molecular weight is 562 g/mol. The van der Waals surface area contributed by atoms with Gasteiger partial charge in [0.15, 0.2) is 0 Å². The third-order valence-corrected chi connectivity index (χ3v) is 10.2. The molecule has 36 heavy (non-hydrogen) atoms. The van der Waals surface area contributed by atoms with Crippen molar-refractivity contribution in [3.05, 3.63) is 126 Å². The summed E-state index contributed by atoms with van der Waals surface area (Å²) < 4.78 is 5.35. The number of hydrogen-bond acceptors (Lipinski definition) is 2. The van der Waals surface area contributed by atoms with Crippen molar-refractivity contribution in [2.45, 2.75) is 39.1 Å². The molecule has 0 aliphatic carbocycles. The van der Waals surface area contributed by atoms with E-state index in [0.717, 1.165) is 11.7 Å². The van der Waals surface area contributed by atoms with Gasteiger partial charge in [-0.05, 0) is 68.3 Å². The molecule has 4 rings (SSSR count). The van der Waals surface area contributed by atoms with Gasteiger partial charge in [-0.1, -0.05) is 78.9 Å². The lowest BCUT2D eigenvalue weighted by molar-refractivity contribution is -0.0000287. The molecule has 0 radical (unpaired) electrons. The van der Waals surface area contributed by atoms with Gasteiger partial charge in [0.05, 0.1) is 6.16 Å². The molecule has 5 heteroatoms. The van der Waals surface area contributed by atoms with E-state index in [1.165, 1.54) is 21.5 Å². The molecule has 0 spiro atoms. The fourth-order valence-electron chi connectivity index (χ4n) is 4.29. The molecule has 0 aliphatic rings. The predicted octanol–water partition coefficient (Wildman–Crippen LogP) is 3.21. The Hall–Kier alpha value is -2.94. The van der Waals surface area contributed by atoms with Crippen LogP contribution >= 0.6 is 7.26 Å². The van der Waals surface area contributed by atoms with Crippen LogP contribution in [0.3, 0.4) is 0 Å². The van der Waals surface area contributed by atoms with Gasteiger partial charge in [0.1, 0.15) is 28.8 Å². The van der Waals surface area contributed by atoms with Gasteiger partial charge in [0.25, 0.3) is 0 Å². The molecular weight excluding hydrogens is 529 g/mol. The highest BCUT2D eigenvalue weighted by Crippen LogP contribution is 2.58. The number of hydrogen-bond donors (Lipinski definition) is 1. The van der Waals surface area contributed by atoms with Crippen molar-refractivity contribution in [1.82, 2.24) is 5.32 Å². The highest BCUT2D eigenvalue weighted by Gasteiger charge is 2.45. The summed E-state index contributed by atoms with van der Waals surface area (Å²) in [6.45, 7) is 6.03. The lowest BCUT2D eigenvalue weighted by Gasteiger charge is -2.28. The van der Waals surface area contributed by atoms with Crippen LogP contribution in [0.1, 0.15) is 31.9 Å². The molecule has 0 saturated heterocycles. The summed E-state index contributed by atoms with van der Waals surface area (Å²) in [6.07, 6.45) is 0.522. The quantitative estimate of drug-likeness (QED) is 0.352. The maximum Gasteiger partial charge on any atom is 0.407 e. The number of carbonyl (C=O) groups excluding carboxylic acids is 1. The van der Waals surface area contributed by atoms with E-state index < -0.39 is 19.0 Å². The molecule has 0 saturated carbocycles. The average Bonchev–Trinajstić information content (AvgIpc) is 2.87. The molecule has 0 aromatic heterocycles. The normalized spacial score (nSPS) is 11.3. The van der Waals surface area contributed by atoms with Crippen LogP contribution in [-0.2, 0) is 17.4 Å². The van der Waals surface area contributed by atoms with E-state index >= 15 is 0 Å². The van der Waals surface area contributed by atoms with Crippen molar-refractivity contribution >= 4 is 29.3 Å². The Kier molecular flexibility index (Phi) is 9.48. The largest absolute Gasteiger partial charge is 1.00 e. The zero-order valence-corrected chi connectivity index (χ0v) is 23.5. The van der Waals surface area contributed by atoms with Gasteiger partial charge in [-0.3, -0.25) is 0 Å². The first-order chi connectivity index (χ1) is 16.9. The number of benzene rings is 4. The minimum absolute atomic E-state index is 0. The van der Waals surface area contributed by atoms with Crippen molar-refractivity contribution in [1.29, 1.82) is 0 Å². The summed E-state index contributed by atoms with van der Waals surface area (Å²) in [7, 11) is -1.93. The van der Waals surface area contributed by atoms with Gasteiger partial charge < -0.3 is 27.0 Å². The van der Waals surface area contributed by atoms with E-state index in [1.807, 2.05) is 20.8 Å². The number of rotatable bonds is 7. The SMILES string of the molecule is CC(C)(C)OC(=O)NCc1ccc(C[P+](c2ccccc2)(c2ccccc2)c2ccccc2)cc1.[Br-]. The standard InChI is InChI=1S/C31H32NO2P.BrH/c1-31(2,3)34-30(33)32-23-25-19-21-26(22-20-25)24-35(27-13-7-4-8-14-27,28-15-9-5-10-16-28)29-17-11-6-12-18-29;/h4-22H,23-24H2,1-3H3;1H. The van der Waals surface area contributed by atoms with Crippen LogP contribution in [0.2, 0.25) is 0 Å². The fourth-order valence-corrected chi connectivity index (χ4v) is 8.54. The van der Waals surface area contributed by atoms with E-state index in [9.17, 15) is 4.79 Å².